The molecule has 0 bridgehead atoms. The molecule has 9 heteroatoms. The van der Waals surface area contributed by atoms with Crippen molar-refractivity contribution in [3.05, 3.63) is 48.6 Å². The van der Waals surface area contributed by atoms with Crippen molar-refractivity contribution in [1.29, 1.82) is 0 Å². The van der Waals surface area contributed by atoms with Crippen LogP contribution in [0, 0.1) is 0 Å². The number of rotatable bonds is 58. The quantitative estimate of drug-likeness (QED) is 0.0243. The fraction of sp³-hybridized carbons (Fsp3) is 0.859. The predicted octanol–water partition coefficient (Wildman–Crippen LogP) is 19.5. The number of nitrogens with one attached hydrogen (secondary N) is 1. The van der Waals surface area contributed by atoms with Gasteiger partial charge in [0, 0.05) is 6.42 Å². The van der Waals surface area contributed by atoms with Crippen LogP contribution in [0.2, 0.25) is 0 Å². The van der Waals surface area contributed by atoms with E-state index in [-0.39, 0.29) is 19.1 Å². The second-order valence-corrected chi connectivity index (χ2v) is 24.2. The smallest absolute Gasteiger partial charge is 0.387 e. The summed E-state index contributed by atoms with van der Waals surface area (Å²) in [6.07, 6.45) is 73.9. The normalized spacial score (nSPS) is 14.1. The highest BCUT2D eigenvalue weighted by molar-refractivity contribution is 7.47. The molecule has 0 spiro atoms. The molecule has 0 aliphatic rings. The number of quaternary nitrogens is 1. The van der Waals surface area contributed by atoms with Crippen molar-refractivity contribution in [3.8, 4) is 0 Å². The Morgan fingerprint density at radius 1 is 0.452 bits per heavy atom. The number of hydrogen-bond donors (Lipinski definition) is 3. The summed E-state index contributed by atoms with van der Waals surface area (Å²) >= 11 is 0. The first-order valence-electron chi connectivity index (χ1n) is 31.5. The van der Waals surface area contributed by atoms with E-state index in [1.807, 2.05) is 27.2 Å². The first kappa shape index (κ1) is 71.5. The number of allylic oxidation sites excluding steroid dienone is 7. The Balaban J connectivity index is 4.07. The monoisotopic (exact) mass is 1050 g/mol. The first-order chi connectivity index (χ1) is 35.5. The minimum absolute atomic E-state index is 0.0542. The first-order valence-corrected chi connectivity index (χ1v) is 33.0. The lowest BCUT2D eigenvalue weighted by Crippen LogP contribution is -2.45. The summed E-state index contributed by atoms with van der Waals surface area (Å²) in [6, 6.07) is -0.869. The van der Waals surface area contributed by atoms with E-state index >= 15 is 0 Å². The molecule has 0 fully saturated rings. The van der Waals surface area contributed by atoms with Crippen molar-refractivity contribution in [2.45, 2.75) is 315 Å². The van der Waals surface area contributed by atoms with Gasteiger partial charge in [-0.2, -0.15) is 0 Å². The molecule has 73 heavy (non-hydrogen) atoms. The number of phosphoric acid groups is 1. The Morgan fingerprint density at radius 3 is 1.10 bits per heavy atom. The highest BCUT2D eigenvalue weighted by atomic mass is 31.2. The summed E-state index contributed by atoms with van der Waals surface area (Å²) < 4.78 is 23.7. The van der Waals surface area contributed by atoms with E-state index in [4.69, 9.17) is 9.05 Å². The molecule has 0 rings (SSSR count). The molecule has 3 atom stereocenters. The topological polar surface area (TPSA) is 105 Å². The zero-order valence-electron chi connectivity index (χ0n) is 49.1. The van der Waals surface area contributed by atoms with Gasteiger partial charge in [0.05, 0.1) is 39.9 Å². The second-order valence-electron chi connectivity index (χ2n) is 22.8. The average Bonchev–Trinajstić information content (AvgIpc) is 3.35. The van der Waals surface area contributed by atoms with Gasteiger partial charge in [-0.3, -0.25) is 13.8 Å². The third-order valence-corrected chi connectivity index (χ3v) is 15.2. The summed E-state index contributed by atoms with van der Waals surface area (Å²) in [4.78, 5) is 23.3. The van der Waals surface area contributed by atoms with Crippen molar-refractivity contribution in [1.82, 2.24) is 5.32 Å². The van der Waals surface area contributed by atoms with E-state index in [0.29, 0.717) is 17.4 Å². The Kier molecular flexibility index (Phi) is 54.1. The van der Waals surface area contributed by atoms with Crippen LogP contribution >= 0.6 is 7.82 Å². The maximum atomic E-state index is 13.0. The minimum atomic E-state index is -4.36. The van der Waals surface area contributed by atoms with E-state index in [2.05, 4.69) is 55.6 Å². The van der Waals surface area contributed by atoms with Crippen LogP contribution in [0.3, 0.4) is 0 Å². The summed E-state index contributed by atoms with van der Waals surface area (Å²) in [6.45, 7) is 4.81. The molecule has 0 saturated heterocycles. The molecule has 0 aliphatic carbocycles. The number of nitrogens with zero attached hydrogens (tertiary/aromatic N) is 1. The molecule has 0 aromatic carbocycles. The Morgan fingerprint density at radius 2 is 0.753 bits per heavy atom. The van der Waals surface area contributed by atoms with Gasteiger partial charge in [0.25, 0.3) is 0 Å². The zero-order chi connectivity index (χ0) is 53.5. The highest BCUT2D eigenvalue weighted by Gasteiger charge is 2.27. The van der Waals surface area contributed by atoms with Gasteiger partial charge in [-0.05, 0) is 70.6 Å². The molecular formula is C64H124N2O6P+. The molecule has 0 heterocycles. The summed E-state index contributed by atoms with van der Waals surface area (Å²) in [5.74, 6) is -0.186. The maximum Gasteiger partial charge on any atom is 0.472 e. The van der Waals surface area contributed by atoms with Crippen LogP contribution in [0.4, 0.5) is 0 Å². The van der Waals surface area contributed by atoms with Crippen LogP contribution in [0.5, 0.6) is 0 Å². The summed E-state index contributed by atoms with van der Waals surface area (Å²) in [7, 11) is 1.55. The van der Waals surface area contributed by atoms with Crippen LogP contribution in [0.1, 0.15) is 303 Å². The van der Waals surface area contributed by atoms with Gasteiger partial charge in [0.15, 0.2) is 0 Å². The Labute approximate surface area is 454 Å². The SMILES string of the molecule is CCCCCCCCCC/C=C\CCCCCCCCCCCCCCCCCCCCCCCC(=O)NC(COP(=O)(O)OCC[N+](C)(C)C)C(O)/C=C/CC/C=C/CC/C=C/CCCCCCCCCC. The van der Waals surface area contributed by atoms with Gasteiger partial charge in [0.2, 0.25) is 5.91 Å². The van der Waals surface area contributed by atoms with Crippen molar-refractivity contribution in [2.75, 3.05) is 40.9 Å². The van der Waals surface area contributed by atoms with E-state index in [1.54, 1.807) is 6.08 Å². The number of carbonyl (C=O) groups excluding carboxylic acids is 1. The molecule has 0 saturated carbocycles. The van der Waals surface area contributed by atoms with Crippen LogP contribution in [-0.2, 0) is 18.4 Å². The number of carbonyl (C=O) groups is 1. The lowest BCUT2D eigenvalue weighted by Gasteiger charge is -2.25. The number of likely N-dealkylation sites (N-methyl/N-ethyl adjacent to an activating group) is 1. The maximum absolute atomic E-state index is 13.0. The number of unbranched alkanes of at least 4 members (excludes halogenated alkanes) is 39. The van der Waals surface area contributed by atoms with Gasteiger partial charge >= 0.3 is 7.82 Å². The summed E-state index contributed by atoms with van der Waals surface area (Å²) in [5, 5.41) is 13.9. The van der Waals surface area contributed by atoms with Crippen molar-refractivity contribution < 1.29 is 32.9 Å². The molecule has 3 unspecified atom stereocenters. The van der Waals surface area contributed by atoms with Crippen molar-refractivity contribution in [2.24, 2.45) is 0 Å². The number of aliphatic hydroxyl groups excluding tert-OH is 1. The summed E-state index contributed by atoms with van der Waals surface area (Å²) in [5.41, 5.74) is 0. The Bertz CT molecular complexity index is 1330. The largest absolute Gasteiger partial charge is 0.472 e. The molecule has 430 valence electrons. The lowest BCUT2D eigenvalue weighted by molar-refractivity contribution is -0.870. The standard InChI is InChI=1S/C64H123N2O6P/c1-6-8-10-12-14-16-18-20-22-24-26-27-28-29-30-31-32-33-34-35-36-37-38-39-40-42-44-46-48-50-52-54-56-58-64(68)65-62(61-72-73(69,70)71-60-59-66(3,4)5)63(67)57-55-53-51-49-47-45-43-41-25-23-21-19-17-15-13-11-9-7-2/h24-26,41,47,49,55,57,62-63,67H,6-23,27-40,42-46,48,50-54,56,58-61H2,1-5H3,(H-,65,68,69,70)/p+1/b26-24-,41-25+,49-47+,57-55+. The van der Waals surface area contributed by atoms with Gasteiger partial charge in [-0.1, -0.05) is 274 Å². The van der Waals surface area contributed by atoms with Crippen LogP contribution in [-0.4, -0.2) is 73.4 Å². The van der Waals surface area contributed by atoms with E-state index in [9.17, 15) is 19.4 Å². The van der Waals surface area contributed by atoms with Crippen LogP contribution < -0.4 is 5.32 Å². The molecule has 3 N–H and O–H groups in total. The van der Waals surface area contributed by atoms with Gasteiger partial charge < -0.3 is 19.8 Å². The molecular weight excluding hydrogens is 924 g/mol. The molecule has 0 aliphatic heterocycles. The fourth-order valence-electron chi connectivity index (χ4n) is 9.31. The van der Waals surface area contributed by atoms with Crippen molar-refractivity contribution >= 4 is 13.7 Å². The van der Waals surface area contributed by atoms with Gasteiger partial charge in [-0.15, -0.1) is 0 Å². The van der Waals surface area contributed by atoms with E-state index in [1.165, 1.54) is 238 Å². The van der Waals surface area contributed by atoms with Crippen LogP contribution in [0.25, 0.3) is 0 Å². The molecule has 0 aromatic rings. The Hall–Kier alpha value is -1.54. The number of hydrogen-bond acceptors (Lipinski definition) is 5. The molecule has 8 nitrogen and oxygen atoms in total. The van der Waals surface area contributed by atoms with Gasteiger partial charge in [-0.25, -0.2) is 4.57 Å². The highest BCUT2D eigenvalue weighted by Crippen LogP contribution is 2.43. The van der Waals surface area contributed by atoms with E-state index < -0.39 is 20.0 Å². The average molecular weight is 1050 g/mol. The van der Waals surface area contributed by atoms with Gasteiger partial charge in [0.1, 0.15) is 13.2 Å². The van der Waals surface area contributed by atoms with Crippen molar-refractivity contribution in [3.63, 3.8) is 0 Å². The lowest BCUT2D eigenvalue weighted by atomic mass is 10.0. The third-order valence-electron chi connectivity index (χ3n) is 14.2. The molecule has 0 radical (unpaired) electrons. The number of aliphatic hydroxyl groups is 1. The third kappa shape index (κ3) is 58.0. The predicted molar refractivity (Wildman–Crippen MR) is 318 cm³/mol. The van der Waals surface area contributed by atoms with Crippen LogP contribution in [0.15, 0.2) is 48.6 Å². The second kappa shape index (κ2) is 55.2. The zero-order valence-corrected chi connectivity index (χ0v) is 50.0. The molecule has 0 aromatic heterocycles. The molecule has 1 amide bonds. The van der Waals surface area contributed by atoms with E-state index in [0.717, 1.165) is 44.9 Å². The number of amides is 1. The minimum Gasteiger partial charge on any atom is -0.387 e. The fourth-order valence-corrected chi connectivity index (χ4v) is 10.0. The number of phosphoric ester groups is 1.